The van der Waals surface area contributed by atoms with E-state index in [1.54, 1.807) is 55.1 Å². The molecule has 1 atom stereocenters. The van der Waals surface area contributed by atoms with E-state index in [0.717, 1.165) is 16.9 Å². The number of amides is 1. The number of nitrogens with zero attached hydrogens (tertiary/aromatic N) is 3. The highest BCUT2D eigenvalue weighted by atomic mass is 16.5. The molecule has 34 heavy (non-hydrogen) atoms. The molecular formula is C27H27N3O4. The average molecular weight is 458 g/mol. The summed E-state index contributed by atoms with van der Waals surface area (Å²) >= 11 is 0. The number of aromatic nitrogens is 2. The summed E-state index contributed by atoms with van der Waals surface area (Å²) in [4.78, 5) is 36.0. The molecule has 1 fully saturated rings. The van der Waals surface area contributed by atoms with Crippen LogP contribution in [0.5, 0.6) is 5.75 Å². The number of benzene rings is 1. The van der Waals surface area contributed by atoms with Gasteiger partial charge in [-0.25, -0.2) is 0 Å². The Morgan fingerprint density at radius 2 is 1.85 bits per heavy atom. The zero-order valence-corrected chi connectivity index (χ0v) is 19.4. The van der Waals surface area contributed by atoms with Crippen LogP contribution in [0.1, 0.15) is 55.0 Å². The number of ketones is 1. The molecule has 3 aromatic rings. The number of pyridine rings is 2. The second-order valence-electron chi connectivity index (χ2n) is 8.41. The Balaban J connectivity index is 1.85. The number of likely N-dealkylation sites (tertiary alicyclic amines) is 1. The molecule has 1 aliphatic rings. The second-order valence-corrected chi connectivity index (χ2v) is 8.41. The fraction of sp³-hybridized carbons (Fsp3) is 0.259. The van der Waals surface area contributed by atoms with Gasteiger partial charge in [0.25, 0.3) is 11.7 Å². The van der Waals surface area contributed by atoms with Crippen molar-refractivity contribution in [3.8, 4) is 5.75 Å². The smallest absolute Gasteiger partial charge is 0.295 e. The summed E-state index contributed by atoms with van der Waals surface area (Å²) in [5.41, 5.74) is 2.90. The zero-order chi connectivity index (χ0) is 24.2. The number of ether oxygens (including phenoxy) is 1. The van der Waals surface area contributed by atoms with Crippen LogP contribution in [0.25, 0.3) is 5.76 Å². The van der Waals surface area contributed by atoms with E-state index in [1.165, 1.54) is 4.90 Å². The highest BCUT2D eigenvalue weighted by Gasteiger charge is 2.46. The van der Waals surface area contributed by atoms with Gasteiger partial charge in [-0.3, -0.25) is 19.6 Å². The maximum Gasteiger partial charge on any atom is 0.295 e. The van der Waals surface area contributed by atoms with Gasteiger partial charge in [-0.15, -0.1) is 0 Å². The van der Waals surface area contributed by atoms with Crippen LogP contribution in [0.15, 0.2) is 72.8 Å². The van der Waals surface area contributed by atoms with E-state index in [4.69, 9.17) is 4.74 Å². The van der Waals surface area contributed by atoms with Crippen LogP contribution >= 0.6 is 0 Å². The predicted octanol–water partition coefficient (Wildman–Crippen LogP) is 4.62. The Morgan fingerprint density at radius 1 is 1.09 bits per heavy atom. The summed E-state index contributed by atoms with van der Waals surface area (Å²) < 4.78 is 5.73. The number of carbonyl (C=O) groups excluding carboxylic acids is 2. The van der Waals surface area contributed by atoms with Gasteiger partial charge >= 0.3 is 0 Å². The average Bonchev–Trinajstić information content (AvgIpc) is 3.10. The van der Waals surface area contributed by atoms with Crippen molar-refractivity contribution >= 4 is 17.4 Å². The molecule has 1 amide bonds. The van der Waals surface area contributed by atoms with Crippen LogP contribution in [0.3, 0.4) is 0 Å². The summed E-state index contributed by atoms with van der Waals surface area (Å²) in [6, 6.07) is 11.7. The minimum absolute atomic E-state index is 0.0546. The second kappa shape index (κ2) is 9.87. The monoisotopic (exact) mass is 457 g/mol. The van der Waals surface area contributed by atoms with Gasteiger partial charge in [0.15, 0.2) is 0 Å². The van der Waals surface area contributed by atoms with Crippen molar-refractivity contribution in [1.29, 1.82) is 0 Å². The molecule has 0 bridgehead atoms. The molecule has 0 radical (unpaired) electrons. The molecule has 0 aliphatic carbocycles. The van der Waals surface area contributed by atoms with Gasteiger partial charge in [0, 0.05) is 36.9 Å². The number of hydrogen-bond acceptors (Lipinski definition) is 6. The quantitative estimate of drug-likeness (QED) is 0.316. The van der Waals surface area contributed by atoms with Gasteiger partial charge in [-0.1, -0.05) is 19.9 Å². The Kier molecular flexibility index (Phi) is 6.72. The molecular weight excluding hydrogens is 430 g/mol. The molecule has 2 aromatic heterocycles. The predicted molar refractivity (Wildman–Crippen MR) is 128 cm³/mol. The zero-order valence-electron chi connectivity index (χ0n) is 19.4. The largest absolute Gasteiger partial charge is 0.507 e. The standard InChI is InChI=1S/C27H27N3O4/c1-4-34-22-8-7-20(14-21(22)17(2)3)25(31)23-24(19-9-12-28-13-10-19)30(27(33)26(23)32)16-18-6-5-11-29-15-18/h5-15,17,24,31H,4,16H2,1-3H3/b25-23-. The van der Waals surface area contributed by atoms with Crippen molar-refractivity contribution < 1.29 is 19.4 Å². The molecule has 7 heteroatoms. The molecule has 4 rings (SSSR count). The third kappa shape index (κ3) is 4.41. The number of Topliss-reactive ketones (excluding diaryl/α,β-unsaturated/α-hetero) is 1. The van der Waals surface area contributed by atoms with E-state index in [0.29, 0.717) is 17.7 Å². The fourth-order valence-corrected chi connectivity index (χ4v) is 4.21. The Morgan fingerprint density at radius 3 is 2.50 bits per heavy atom. The first-order valence-corrected chi connectivity index (χ1v) is 11.3. The van der Waals surface area contributed by atoms with Crippen molar-refractivity contribution in [1.82, 2.24) is 14.9 Å². The number of aliphatic hydroxyl groups excluding tert-OH is 1. The molecule has 1 unspecified atom stereocenters. The first-order valence-electron chi connectivity index (χ1n) is 11.3. The number of hydrogen-bond donors (Lipinski definition) is 1. The van der Waals surface area contributed by atoms with E-state index >= 15 is 0 Å². The van der Waals surface area contributed by atoms with Crippen molar-refractivity contribution in [2.24, 2.45) is 0 Å². The highest BCUT2D eigenvalue weighted by Crippen LogP contribution is 2.41. The third-order valence-corrected chi connectivity index (χ3v) is 5.84. The van der Waals surface area contributed by atoms with Crippen LogP contribution < -0.4 is 4.74 Å². The molecule has 174 valence electrons. The van der Waals surface area contributed by atoms with Crippen molar-refractivity contribution in [2.75, 3.05) is 6.61 Å². The minimum Gasteiger partial charge on any atom is -0.507 e. The summed E-state index contributed by atoms with van der Waals surface area (Å²) in [5, 5.41) is 11.4. The number of rotatable bonds is 7. The topological polar surface area (TPSA) is 92.6 Å². The summed E-state index contributed by atoms with van der Waals surface area (Å²) in [6.45, 7) is 6.68. The van der Waals surface area contributed by atoms with E-state index in [9.17, 15) is 14.7 Å². The highest BCUT2D eigenvalue weighted by molar-refractivity contribution is 6.46. The van der Waals surface area contributed by atoms with Crippen LogP contribution in [0.4, 0.5) is 0 Å². The van der Waals surface area contributed by atoms with Gasteiger partial charge in [-0.2, -0.15) is 0 Å². The third-order valence-electron chi connectivity index (χ3n) is 5.84. The molecule has 7 nitrogen and oxygen atoms in total. The number of carbonyl (C=O) groups is 2. The van der Waals surface area contributed by atoms with Gasteiger partial charge < -0.3 is 14.7 Å². The van der Waals surface area contributed by atoms with Crippen LogP contribution in [-0.4, -0.2) is 38.3 Å². The van der Waals surface area contributed by atoms with Gasteiger partial charge in [0.1, 0.15) is 11.5 Å². The fourth-order valence-electron chi connectivity index (χ4n) is 4.21. The minimum atomic E-state index is -0.753. The van der Waals surface area contributed by atoms with Gasteiger partial charge in [0.2, 0.25) is 0 Å². The van der Waals surface area contributed by atoms with Crippen LogP contribution in [-0.2, 0) is 16.1 Å². The Hall–Kier alpha value is -4.00. The van der Waals surface area contributed by atoms with Crippen molar-refractivity contribution in [2.45, 2.75) is 39.3 Å². The maximum absolute atomic E-state index is 13.2. The first kappa shape index (κ1) is 23.2. The molecule has 0 saturated carbocycles. The van der Waals surface area contributed by atoms with E-state index in [2.05, 4.69) is 9.97 Å². The number of aliphatic hydroxyl groups is 1. The lowest BCUT2D eigenvalue weighted by Crippen LogP contribution is -2.29. The van der Waals surface area contributed by atoms with Gasteiger partial charge in [0.05, 0.1) is 18.2 Å². The maximum atomic E-state index is 13.2. The van der Waals surface area contributed by atoms with E-state index in [-0.39, 0.29) is 23.8 Å². The lowest BCUT2D eigenvalue weighted by molar-refractivity contribution is -0.140. The van der Waals surface area contributed by atoms with Crippen molar-refractivity contribution in [3.63, 3.8) is 0 Å². The summed E-state index contributed by atoms with van der Waals surface area (Å²) in [6.07, 6.45) is 6.51. The van der Waals surface area contributed by atoms with Gasteiger partial charge in [-0.05, 0) is 65.9 Å². The summed E-state index contributed by atoms with van der Waals surface area (Å²) in [5.74, 6) is -0.723. The summed E-state index contributed by atoms with van der Waals surface area (Å²) in [7, 11) is 0. The molecule has 1 N–H and O–H groups in total. The Labute approximate surface area is 198 Å². The lowest BCUT2D eigenvalue weighted by atomic mass is 9.93. The van der Waals surface area contributed by atoms with Crippen molar-refractivity contribution in [3.05, 3.63) is 95.1 Å². The molecule has 3 heterocycles. The molecule has 0 spiro atoms. The molecule has 1 saturated heterocycles. The lowest BCUT2D eigenvalue weighted by Gasteiger charge is -2.25. The SMILES string of the molecule is CCOc1ccc(/C(O)=C2/C(=O)C(=O)N(Cc3cccnc3)C2c2ccncc2)cc1C(C)C. The molecule has 1 aliphatic heterocycles. The normalized spacial score (nSPS) is 17.4. The van der Waals surface area contributed by atoms with Crippen LogP contribution in [0.2, 0.25) is 0 Å². The van der Waals surface area contributed by atoms with E-state index < -0.39 is 17.7 Å². The van der Waals surface area contributed by atoms with E-state index in [1.807, 2.05) is 32.9 Å². The first-order chi connectivity index (χ1) is 16.4. The van der Waals surface area contributed by atoms with Crippen LogP contribution in [0, 0.1) is 0 Å². The molecule has 1 aromatic carbocycles. The Bertz CT molecular complexity index is 1220.